The van der Waals surface area contributed by atoms with Gasteiger partial charge in [-0.05, 0) is 36.9 Å². The minimum atomic E-state index is -2.92. The van der Waals surface area contributed by atoms with Gasteiger partial charge in [-0.15, -0.1) is 0 Å². The largest absolute Gasteiger partial charge is 0.434 e. The van der Waals surface area contributed by atoms with Crippen LogP contribution in [0.25, 0.3) is 11.4 Å². The lowest BCUT2D eigenvalue weighted by molar-refractivity contribution is -0.0494. The maximum atomic E-state index is 12.5. The minimum absolute atomic E-state index is 0.00405. The van der Waals surface area contributed by atoms with Crippen molar-refractivity contribution >= 4 is 11.6 Å². The summed E-state index contributed by atoms with van der Waals surface area (Å²) >= 11 is 5.88. The molecule has 3 rings (SSSR count). The maximum Gasteiger partial charge on any atom is 0.387 e. The summed E-state index contributed by atoms with van der Waals surface area (Å²) in [6.07, 6.45) is 0. The van der Waals surface area contributed by atoms with Crippen LogP contribution in [0.2, 0.25) is 5.02 Å². The van der Waals surface area contributed by atoms with E-state index < -0.39 is 6.61 Å². The van der Waals surface area contributed by atoms with Crippen molar-refractivity contribution in [3.8, 4) is 17.1 Å². The van der Waals surface area contributed by atoms with Gasteiger partial charge in [0.15, 0.2) is 0 Å². The summed E-state index contributed by atoms with van der Waals surface area (Å²) < 4.78 is 34.8. The van der Waals surface area contributed by atoms with E-state index in [9.17, 15) is 8.78 Å². The number of hydrogen-bond donors (Lipinski definition) is 0. The number of benzene rings is 2. The Morgan fingerprint density at radius 3 is 2.58 bits per heavy atom. The molecule has 0 spiro atoms. The molecule has 0 atom stereocenters. The molecule has 0 aliphatic heterocycles. The molecule has 0 bridgehead atoms. The van der Waals surface area contributed by atoms with Crippen LogP contribution in [0.4, 0.5) is 8.78 Å². The monoisotopic (exact) mass is 379 g/mol. The van der Waals surface area contributed by atoms with Crippen molar-refractivity contribution in [1.82, 2.24) is 15.0 Å². The van der Waals surface area contributed by atoms with Gasteiger partial charge in [0, 0.05) is 11.6 Å². The Morgan fingerprint density at radius 1 is 1.12 bits per heavy atom. The molecule has 3 aromatic rings. The molecule has 2 aromatic carbocycles. The second-order valence-corrected chi connectivity index (χ2v) is 6.12. The van der Waals surface area contributed by atoms with E-state index >= 15 is 0 Å². The van der Waals surface area contributed by atoms with Crippen LogP contribution in [-0.2, 0) is 13.1 Å². The highest BCUT2D eigenvalue weighted by Gasteiger charge is 2.16. The molecule has 0 fully saturated rings. The Hall–Kier alpha value is -2.51. The van der Waals surface area contributed by atoms with Crippen molar-refractivity contribution in [2.24, 2.45) is 0 Å². The van der Waals surface area contributed by atoms with E-state index in [1.165, 1.54) is 6.07 Å². The summed E-state index contributed by atoms with van der Waals surface area (Å²) in [5.74, 6) is 0.587. The van der Waals surface area contributed by atoms with E-state index in [4.69, 9.17) is 16.1 Å². The second-order valence-electron chi connectivity index (χ2n) is 5.69. The van der Waals surface area contributed by atoms with E-state index in [1.54, 1.807) is 18.2 Å². The van der Waals surface area contributed by atoms with Crippen LogP contribution in [0, 0.1) is 0 Å². The van der Waals surface area contributed by atoms with E-state index in [-0.39, 0.29) is 11.6 Å². The van der Waals surface area contributed by atoms with E-state index in [0.717, 1.165) is 5.56 Å². The summed E-state index contributed by atoms with van der Waals surface area (Å²) in [6, 6.07) is 13.9. The van der Waals surface area contributed by atoms with E-state index in [2.05, 4.69) is 14.9 Å². The predicted octanol–water partition coefficient (Wildman–Crippen LogP) is 4.62. The Bertz CT molecular complexity index is 856. The lowest BCUT2D eigenvalue weighted by Gasteiger charge is -2.14. The predicted molar refractivity (Wildman–Crippen MR) is 93.0 cm³/mol. The van der Waals surface area contributed by atoms with Crippen molar-refractivity contribution in [2.45, 2.75) is 19.7 Å². The number of hydrogen-bond acceptors (Lipinski definition) is 5. The molecule has 1 heterocycles. The highest BCUT2D eigenvalue weighted by Crippen LogP contribution is 2.29. The van der Waals surface area contributed by atoms with Gasteiger partial charge in [-0.2, -0.15) is 13.8 Å². The lowest BCUT2D eigenvalue weighted by Crippen LogP contribution is -2.17. The van der Waals surface area contributed by atoms with Gasteiger partial charge in [-0.3, -0.25) is 4.90 Å². The van der Waals surface area contributed by atoms with Gasteiger partial charge in [-0.25, -0.2) is 0 Å². The third-order valence-corrected chi connectivity index (χ3v) is 3.84. The van der Waals surface area contributed by atoms with Crippen LogP contribution < -0.4 is 4.74 Å². The van der Waals surface area contributed by atoms with Gasteiger partial charge in [-0.1, -0.05) is 41.0 Å². The fourth-order valence-electron chi connectivity index (χ4n) is 2.47. The first-order valence-electron chi connectivity index (χ1n) is 7.81. The average molecular weight is 380 g/mol. The van der Waals surface area contributed by atoms with Gasteiger partial charge in [0.25, 0.3) is 0 Å². The molecule has 0 N–H and O–H groups in total. The quantitative estimate of drug-likeness (QED) is 0.599. The fraction of sp³-hybridized carbons (Fsp3) is 0.222. The molecule has 0 radical (unpaired) electrons. The molecule has 26 heavy (non-hydrogen) atoms. The molecule has 5 nitrogen and oxygen atoms in total. The molecule has 0 saturated carbocycles. The summed E-state index contributed by atoms with van der Waals surface area (Å²) in [5, 5.41) is 4.55. The first kappa shape index (κ1) is 18.3. The van der Waals surface area contributed by atoms with Gasteiger partial charge < -0.3 is 9.26 Å². The molecule has 136 valence electrons. The first-order chi connectivity index (χ1) is 12.5. The summed E-state index contributed by atoms with van der Waals surface area (Å²) in [6.45, 7) is -1.85. The van der Waals surface area contributed by atoms with Crippen molar-refractivity contribution in [2.75, 3.05) is 7.05 Å². The third-order valence-electron chi connectivity index (χ3n) is 3.58. The number of nitrogens with zero attached hydrogens (tertiary/aromatic N) is 3. The number of aromatic nitrogens is 2. The maximum absolute atomic E-state index is 12.5. The normalized spacial score (nSPS) is 11.3. The van der Waals surface area contributed by atoms with E-state index in [1.807, 2.05) is 36.2 Å². The van der Waals surface area contributed by atoms with Crippen molar-refractivity contribution in [1.29, 1.82) is 0 Å². The SMILES string of the molecule is CN(Cc1ccc(Cl)cc1)Cc1nc(-c2ccccc2OC(F)F)no1. The zero-order chi connectivity index (χ0) is 18.5. The third kappa shape index (κ3) is 4.77. The first-order valence-corrected chi connectivity index (χ1v) is 8.19. The Morgan fingerprint density at radius 2 is 1.85 bits per heavy atom. The minimum Gasteiger partial charge on any atom is -0.434 e. The van der Waals surface area contributed by atoms with Crippen molar-refractivity contribution in [3.05, 3.63) is 65.0 Å². The summed E-state index contributed by atoms with van der Waals surface area (Å²) in [7, 11) is 1.91. The zero-order valence-corrected chi connectivity index (χ0v) is 14.7. The number of rotatable bonds is 7. The van der Waals surface area contributed by atoms with Crippen LogP contribution in [-0.4, -0.2) is 28.7 Å². The summed E-state index contributed by atoms with van der Waals surface area (Å²) in [4.78, 5) is 6.27. The highest BCUT2D eigenvalue weighted by molar-refractivity contribution is 6.30. The topological polar surface area (TPSA) is 51.4 Å². The average Bonchev–Trinajstić information content (AvgIpc) is 3.05. The van der Waals surface area contributed by atoms with E-state index in [0.29, 0.717) is 29.6 Å². The molecule has 0 unspecified atom stereocenters. The summed E-state index contributed by atoms with van der Waals surface area (Å²) in [5.41, 5.74) is 1.44. The molecular formula is C18H16ClF2N3O2. The van der Waals surface area contributed by atoms with Gasteiger partial charge in [0.2, 0.25) is 11.7 Å². The molecule has 8 heteroatoms. The number of halogens is 3. The molecule has 0 aliphatic rings. The Labute approximate surface area is 154 Å². The van der Waals surface area contributed by atoms with Crippen molar-refractivity contribution < 1.29 is 18.0 Å². The number of ether oxygens (including phenoxy) is 1. The van der Waals surface area contributed by atoms with Crippen molar-refractivity contribution in [3.63, 3.8) is 0 Å². The fourth-order valence-corrected chi connectivity index (χ4v) is 2.59. The molecule has 0 aliphatic carbocycles. The van der Waals surface area contributed by atoms with Crippen LogP contribution in [0.1, 0.15) is 11.5 Å². The molecular weight excluding hydrogens is 364 g/mol. The lowest BCUT2D eigenvalue weighted by atomic mass is 10.2. The Balaban J connectivity index is 1.69. The van der Waals surface area contributed by atoms with Crippen LogP contribution in [0.3, 0.4) is 0 Å². The Kier molecular flexibility index (Phi) is 5.80. The zero-order valence-electron chi connectivity index (χ0n) is 13.9. The second kappa shape index (κ2) is 8.25. The van der Waals surface area contributed by atoms with Gasteiger partial charge >= 0.3 is 6.61 Å². The molecule has 0 saturated heterocycles. The van der Waals surface area contributed by atoms with Crippen LogP contribution in [0.5, 0.6) is 5.75 Å². The van der Waals surface area contributed by atoms with Crippen LogP contribution in [0.15, 0.2) is 53.1 Å². The standard InChI is InChI=1S/C18H16ClF2N3O2/c1-24(10-12-6-8-13(19)9-7-12)11-16-22-17(23-26-16)14-4-2-3-5-15(14)25-18(20)21/h2-9,18H,10-11H2,1H3. The molecule has 0 amide bonds. The smallest absolute Gasteiger partial charge is 0.387 e. The number of alkyl halides is 2. The molecule has 1 aromatic heterocycles. The number of para-hydroxylation sites is 1. The highest BCUT2D eigenvalue weighted by atomic mass is 35.5. The van der Waals surface area contributed by atoms with Crippen LogP contribution >= 0.6 is 11.6 Å². The van der Waals surface area contributed by atoms with Gasteiger partial charge in [0.1, 0.15) is 5.75 Å². The van der Waals surface area contributed by atoms with Gasteiger partial charge in [0.05, 0.1) is 12.1 Å².